The minimum absolute atomic E-state index is 0.00330. The van der Waals surface area contributed by atoms with Gasteiger partial charge in [0.1, 0.15) is 5.82 Å². The molecular weight excluding hydrogens is 273 g/mol. The summed E-state index contributed by atoms with van der Waals surface area (Å²) >= 11 is 0. The highest BCUT2D eigenvalue weighted by Gasteiger charge is 2.38. The van der Waals surface area contributed by atoms with Crippen molar-refractivity contribution in [3.8, 4) is 0 Å². The van der Waals surface area contributed by atoms with Gasteiger partial charge < -0.3 is 10.4 Å². The van der Waals surface area contributed by atoms with Gasteiger partial charge in [-0.15, -0.1) is 0 Å². The van der Waals surface area contributed by atoms with E-state index in [4.69, 9.17) is 5.11 Å². The van der Waals surface area contributed by atoms with Gasteiger partial charge >= 0.3 is 5.97 Å². The number of aryl methyl sites for hydroxylation is 1. The van der Waals surface area contributed by atoms with Gasteiger partial charge in [0, 0.05) is 6.42 Å². The number of amides is 1. The van der Waals surface area contributed by atoms with E-state index in [0.29, 0.717) is 5.56 Å². The van der Waals surface area contributed by atoms with E-state index in [-0.39, 0.29) is 24.4 Å². The third kappa shape index (κ3) is 3.80. The number of benzene rings is 1. The Morgan fingerprint density at radius 2 is 1.95 bits per heavy atom. The van der Waals surface area contributed by atoms with Crippen LogP contribution in [0.3, 0.4) is 0 Å². The van der Waals surface area contributed by atoms with Gasteiger partial charge in [0.2, 0.25) is 5.91 Å². The molecule has 0 unspecified atom stereocenters. The van der Waals surface area contributed by atoms with Crippen molar-refractivity contribution in [2.75, 3.05) is 5.32 Å². The second kappa shape index (κ2) is 6.24. The van der Waals surface area contributed by atoms with E-state index in [1.165, 1.54) is 6.07 Å². The number of carboxylic acid groups (broad SMARTS) is 1. The number of hydrogen-bond donors (Lipinski definition) is 2. The van der Waals surface area contributed by atoms with Crippen LogP contribution in [-0.4, -0.2) is 17.0 Å². The summed E-state index contributed by atoms with van der Waals surface area (Å²) in [4.78, 5) is 23.2. The van der Waals surface area contributed by atoms with E-state index in [0.717, 1.165) is 25.7 Å². The lowest BCUT2D eigenvalue weighted by Gasteiger charge is -2.26. The molecule has 114 valence electrons. The van der Waals surface area contributed by atoms with Crippen LogP contribution in [0.5, 0.6) is 0 Å². The number of anilines is 1. The topological polar surface area (TPSA) is 66.4 Å². The fourth-order valence-corrected chi connectivity index (χ4v) is 3.18. The van der Waals surface area contributed by atoms with Crippen molar-refractivity contribution in [1.29, 1.82) is 0 Å². The van der Waals surface area contributed by atoms with Gasteiger partial charge in [-0.25, -0.2) is 4.39 Å². The normalized spacial score (nSPS) is 16.7. The van der Waals surface area contributed by atoms with E-state index in [2.05, 4.69) is 5.32 Å². The number of carbonyl (C=O) groups excluding carboxylic acids is 1. The molecule has 0 heterocycles. The maximum Gasteiger partial charge on any atom is 0.303 e. The average molecular weight is 293 g/mol. The standard InChI is InChI=1S/C16H20FNO3/c1-11-5-4-6-12(17)15(11)18-13(19)9-16(10-14(20)21)7-2-3-8-16/h4-6H,2-3,7-10H2,1H3,(H,18,19)(H,20,21). The van der Waals surface area contributed by atoms with Gasteiger partial charge in [0.05, 0.1) is 12.1 Å². The first-order chi connectivity index (χ1) is 9.92. The number of nitrogens with one attached hydrogen (secondary N) is 1. The summed E-state index contributed by atoms with van der Waals surface area (Å²) in [5, 5.41) is 11.6. The monoisotopic (exact) mass is 293 g/mol. The highest BCUT2D eigenvalue weighted by Crippen LogP contribution is 2.44. The molecule has 0 aliphatic heterocycles. The lowest BCUT2D eigenvalue weighted by Crippen LogP contribution is -2.28. The molecule has 1 aliphatic rings. The van der Waals surface area contributed by atoms with Gasteiger partial charge in [-0.05, 0) is 36.8 Å². The molecule has 1 fully saturated rings. The average Bonchev–Trinajstić information content (AvgIpc) is 2.81. The van der Waals surface area contributed by atoms with Crippen LogP contribution in [0.15, 0.2) is 18.2 Å². The van der Waals surface area contributed by atoms with Crippen LogP contribution in [0.1, 0.15) is 44.1 Å². The first-order valence-electron chi connectivity index (χ1n) is 7.19. The van der Waals surface area contributed by atoms with E-state index in [9.17, 15) is 14.0 Å². The molecule has 5 heteroatoms. The van der Waals surface area contributed by atoms with Crippen molar-refractivity contribution in [3.05, 3.63) is 29.6 Å². The Labute approximate surface area is 123 Å². The third-order valence-electron chi connectivity index (χ3n) is 4.21. The second-order valence-electron chi connectivity index (χ2n) is 5.93. The van der Waals surface area contributed by atoms with Crippen LogP contribution in [0, 0.1) is 18.2 Å². The first-order valence-corrected chi connectivity index (χ1v) is 7.19. The van der Waals surface area contributed by atoms with Crippen molar-refractivity contribution in [1.82, 2.24) is 0 Å². The maximum absolute atomic E-state index is 13.7. The molecule has 0 spiro atoms. The number of carbonyl (C=O) groups is 2. The number of aliphatic carboxylic acids is 1. The Bertz CT molecular complexity index is 530. The fourth-order valence-electron chi connectivity index (χ4n) is 3.18. The van der Waals surface area contributed by atoms with E-state index in [1.807, 2.05) is 0 Å². The molecule has 0 radical (unpaired) electrons. The SMILES string of the molecule is Cc1cccc(F)c1NC(=O)CC1(CC(=O)O)CCCC1. The fraction of sp³-hybridized carbons (Fsp3) is 0.500. The zero-order valence-electron chi connectivity index (χ0n) is 12.1. The Balaban J connectivity index is 2.08. The van der Waals surface area contributed by atoms with Crippen molar-refractivity contribution < 1.29 is 19.1 Å². The zero-order chi connectivity index (χ0) is 15.5. The molecule has 2 rings (SSSR count). The molecule has 0 saturated heterocycles. The highest BCUT2D eigenvalue weighted by molar-refractivity contribution is 5.92. The van der Waals surface area contributed by atoms with E-state index in [1.54, 1.807) is 19.1 Å². The summed E-state index contributed by atoms with van der Waals surface area (Å²) in [6.07, 6.45) is 3.49. The summed E-state index contributed by atoms with van der Waals surface area (Å²) in [6.45, 7) is 1.72. The summed E-state index contributed by atoms with van der Waals surface area (Å²) in [7, 11) is 0. The zero-order valence-corrected chi connectivity index (χ0v) is 12.1. The van der Waals surface area contributed by atoms with Gasteiger partial charge in [-0.3, -0.25) is 9.59 Å². The number of carboxylic acids is 1. The Morgan fingerprint density at radius 1 is 1.29 bits per heavy atom. The van der Waals surface area contributed by atoms with Crippen molar-refractivity contribution in [2.45, 2.75) is 45.4 Å². The third-order valence-corrected chi connectivity index (χ3v) is 4.21. The molecule has 0 aromatic heterocycles. The van der Waals surface area contributed by atoms with Gasteiger partial charge in [0.15, 0.2) is 0 Å². The quantitative estimate of drug-likeness (QED) is 0.873. The molecule has 21 heavy (non-hydrogen) atoms. The molecule has 1 saturated carbocycles. The lowest BCUT2D eigenvalue weighted by molar-refractivity contribution is -0.140. The molecule has 0 atom stereocenters. The summed E-state index contributed by atoms with van der Waals surface area (Å²) in [5.41, 5.74) is 0.364. The predicted molar refractivity (Wildman–Crippen MR) is 77.5 cm³/mol. The predicted octanol–water partition coefficient (Wildman–Crippen LogP) is 3.50. The van der Waals surface area contributed by atoms with Crippen LogP contribution in [0.4, 0.5) is 10.1 Å². The van der Waals surface area contributed by atoms with E-state index < -0.39 is 17.2 Å². The number of hydrogen-bond acceptors (Lipinski definition) is 2. The molecule has 2 N–H and O–H groups in total. The molecule has 0 bridgehead atoms. The number of para-hydroxylation sites is 1. The smallest absolute Gasteiger partial charge is 0.303 e. The van der Waals surface area contributed by atoms with Crippen molar-refractivity contribution in [3.63, 3.8) is 0 Å². The minimum atomic E-state index is -0.883. The molecule has 1 aromatic carbocycles. The van der Waals surface area contributed by atoms with Crippen molar-refractivity contribution >= 4 is 17.6 Å². The van der Waals surface area contributed by atoms with Crippen molar-refractivity contribution in [2.24, 2.45) is 5.41 Å². The molecule has 1 aromatic rings. The Hall–Kier alpha value is -1.91. The van der Waals surface area contributed by atoms with Gasteiger partial charge in [0.25, 0.3) is 0 Å². The van der Waals surface area contributed by atoms with Crippen LogP contribution in [0.25, 0.3) is 0 Å². The summed E-state index contributed by atoms with van der Waals surface area (Å²) in [5.74, 6) is -1.67. The first kappa shape index (κ1) is 15.5. The minimum Gasteiger partial charge on any atom is -0.481 e. The highest BCUT2D eigenvalue weighted by atomic mass is 19.1. The summed E-state index contributed by atoms with van der Waals surface area (Å²) in [6, 6.07) is 4.61. The van der Waals surface area contributed by atoms with Crippen LogP contribution < -0.4 is 5.32 Å². The van der Waals surface area contributed by atoms with Crippen LogP contribution in [-0.2, 0) is 9.59 Å². The van der Waals surface area contributed by atoms with Gasteiger partial charge in [-0.1, -0.05) is 25.0 Å². The Morgan fingerprint density at radius 3 is 2.52 bits per heavy atom. The second-order valence-corrected chi connectivity index (χ2v) is 5.93. The van der Waals surface area contributed by atoms with Gasteiger partial charge in [-0.2, -0.15) is 0 Å². The number of rotatable bonds is 5. The molecular formula is C16H20FNO3. The summed E-state index contributed by atoms with van der Waals surface area (Å²) < 4.78 is 13.7. The number of halogens is 1. The molecule has 1 amide bonds. The molecule has 1 aliphatic carbocycles. The maximum atomic E-state index is 13.7. The lowest BCUT2D eigenvalue weighted by atomic mass is 9.79. The van der Waals surface area contributed by atoms with E-state index >= 15 is 0 Å². The van der Waals surface area contributed by atoms with Crippen LogP contribution in [0.2, 0.25) is 0 Å². The van der Waals surface area contributed by atoms with Crippen LogP contribution >= 0.6 is 0 Å². The Kier molecular flexibility index (Phi) is 4.60. The molecule has 4 nitrogen and oxygen atoms in total. The largest absolute Gasteiger partial charge is 0.481 e.